The molecule has 1 aliphatic heterocycles. The molecule has 5 heteroatoms. The van der Waals surface area contributed by atoms with Crippen molar-refractivity contribution in [3.05, 3.63) is 28.8 Å². The summed E-state index contributed by atoms with van der Waals surface area (Å²) in [6.45, 7) is 0. The van der Waals surface area contributed by atoms with E-state index >= 15 is 0 Å². The normalized spacial score (nSPS) is 13.6. The van der Waals surface area contributed by atoms with Crippen LogP contribution in [0.4, 0.5) is 0 Å². The number of para-hydroxylation sites is 1. The highest BCUT2D eigenvalue weighted by Crippen LogP contribution is 2.31. The Labute approximate surface area is 91.4 Å². The van der Waals surface area contributed by atoms with Crippen LogP contribution in [0.5, 0.6) is 5.75 Å². The second kappa shape index (κ2) is 3.90. The molecule has 15 heavy (non-hydrogen) atoms. The SMILES string of the molecule is COC(=O)C1=NOc2c(Cl)cccc2C1. The van der Waals surface area contributed by atoms with E-state index in [0.29, 0.717) is 17.2 Å². The topological polar surface area (TPSA) is 47.9 Å². The molecule has 4 nitrogen and oxygen atoms in total. The Morgan fingerprint density at radius 3 is 3.13 bits per heavy atom. The monoisotopic (exact) mass is 225 g/mol. The van der Waals surface area contributed by atoms with Crippen LogP contribution in [0, 0.1) is 0 Å². The molecule has 0 fully saturated rings. The second-order valence-electron chi connectivity index (χ2n) is 3.03. The highest BCUT2D eigenvalue weighted by Gasteiger charge is 2.22. The summed E-state index contributed by atoms with van der Waals surface area (Å²) in [5, 5.41) is 4.15. The minimum absolute atomic E-state index is 0.243. The van der Waals surface area contributed by atoms with Crippen molar-refractivity contribution < 1.29 is 14.4 Å². The zero-order chi connectivity index (χ0) is 10.8. The number of carbonyl (C=O) groups is 1. The summed E-state index contributed by atoms with van der Waals surface area (Å²) in [5.41, 5.74) is 1.07. The Morgan fingerprint density at radius 2 is 2.40 bits per heavy atom. The maximum Gasteiger partial charge on any atom is 0.356 e. The fourth-order valence-electron chi connectivity index (χ4n) is 1.34. The number of halogens is 1. The molecule has 2 rings (SSSR count). The number of nitrogens with zero attached hydrogens (tertiary/aromatic N) is 1. The van der Waals surface area contributed by atoms with E-state index in [1.165, 1.54) is 7.11 Å². The molecule has 1 heterocycles. The lowest BCUT2D eigenvalue weighted by atomic mass is 10.1. The second-order valence-corrected chi connectivity index (χ2v) is 3.43. The van der Waals surface area contributed by atoms with Gasteiger partial charge in [-0.3, -0.25) is 0 Å². The Balaban J connectivity index is 2.31. The van der Waals surface area contributed by atoms with Gasteiger partial charge in [-0.1, -0.05) is 28.9 Å². The molecule has 0 amide bonds. The molecule has 0 radical (unpaired) electrons. The number of fused-ring (bicyclic) bond motifs is 1. The van der Waals surface area contributed by atoms with Crippen molar-refractivity contribution in [2.45, 2.75) is 6.42 Å². The van der Waals surface area contributed by atoms with Crippen LogP contribution in [0.15, 0.2) is 23.4 Å². The molecule has 0 N–H and O–H groups in total. The van der Waals surface area contributed by atoms with Crippen LogP contribution in [0.3, 0.4) is 0 Å². The zero-order valence-corrected chi connectivity index (χ0v) is 8.75. The molecule has 1 aromatic rings. The molecule has 0 saturated carbocycles. The number of esters is 1. The van der Waals surface area contributed by atoms with Crippen LogP contribution in [-0.4, -0.2) is 18.8 Å². The zero-order valence-electron chi connectivity index (χ0n) is 7.99. The summed E-state index contributed by atoms with van der Waals surface area (Å²) in [4.78, 5) is 16.2. The summed E-state index contributed by atoms with van der Waals surface area (Å²) in [6, 6.07) is 5.34. The van der Waals surface area contributed by atoms with Gasteiger partial charge in [0, 0.05) is 12.0 Å². The van der Waals surface area contributed by atoms with E-state index in [9.17, 15) is 4.79 Å². The van der Waals surface area contributed by atoms with E-state index in [1.807, 2.05) is 6.07 Å². The predicted molar refractivity (Wildman–Crippen MR) is 55.2 cm³/mol. The van der Waals surface area contributed by atoms with E-state index in [0.717, 1.165) is 5.56 Å². The number of rotatable bonds is 1. The molecule has 0 atom stereocenters. The van der Waals surface area contributed by atoms with Crippen LogP contribution in [0.1, 0.15) is 5.56 Å². The summed E-state index contributed by atoms with van der Waals surface area (Å²) in [7, 11) is 1.30. The first-order chi connectivity index (χ1) is 7.22. The minimum Gasteiger partial charge on any atom is -0.464 e. The van der Waals surface area contributed by atoms with Gasteiger partial charge < -0.3 is 9.57 Å². The summed E-state index contributed by atoms with van der Waals surface area (Å²) >= 11 is 5.89. The molecule has 0 unspecified atom stereocenters. The highest BCUT2D eigenvalue weighted by atomic mass is 35.5. The third-order valence-corrected chi connectivity index (χ3v) is 2.37. The van der Waals surface area contributed by atoms with Crippen LogP contribution in [0.2, 0.25) is 5.02 Å². The highest BCUT2D eigenvalue weighted by molar-refractivity contribution is 6.37. The van der Waals surface area contributed by atoms with Gasteiger partial charge in [-0.25, -0.2) is 4.79 Å². The van der Waals surface area contributed by atoms with Crippen molar-refractivity contribution in [2.75, 3.05) is 7.11 Å². The Hall–Kier alpha value is -1.55. The third kappa shape index (κ3) is 1.80. The number of hydrogen-bond donors (Lipinski definition) is 0. The van der Waals surface area contributed by atoms with E-state index < -0.39 is 5.97 Å². The van der Waals surface area contributed by atoms with Crippen LogP contribution < -0.4 is 4.84 Å². The summed E-state index contributed by atoms with van der Waals surface area (Å²) in [5.74, 6) is 0.0208. The van der Waals surface area contributed by atoms with Crippen molar-refractivity contribution >= 4 is 23.3 Å². The smallest absolute Gasteiger partial charge is 0.356 e. The first kappa shape index (κ1) is 9.98. The maximum atomic E-state index is 11.2. The fourth-order valence-corrected chi connectivity index (χ4v) is 1.56. The number of hydrogen-bond acceptors (Lipinski definition) is 4. The largest absolute Gasteiger partial charge is 0.464 e. The van der Waals surface area contributed by atoms with Crippen molar-refractivity contribution in [1.29, 1.82) is 0 Å². The molecule has 0 spiro atoms. The first-order valence-electron chi connectivity index (χ1n) is 4.32. The van der Waals surface area contributed by atoms with Gasteiger partial charge in [0.1, 0.15) is 0 Å². The Morgan fingerprint density at radius 1 is 1.60 bits per heavy atom. The van der Waals surface area contributed by atoms with E-state index in [4.69, 9.17) is 16.4 Å². The van der Waals surface area contributed by atoms with E-state index in [1.54, 1.807) is 12.1 Å². The Bertz CT molecular complexity index is 442. The molecule has 0 bridgehead atoms. The predicted octanol–water partition coefficient (Wildman–Crippen LogP) is 1.80. The molecular weight excluding hydrogens is 218 g/mol. The number of methoxy groups -OCH3 is 1. The van der Waals surface area contributed by atoms with Gasteiger partial charge in [0.25, 0.3) is 0 Å². The molecule has 0 aromatic heterocycles. The Kier molecular flexibility index (Phi) is 2.60. The van der Waals surface area contributed by atoms with Crippen molar-refractivity contribution in [3.63, 3.8) is 0 Å². The lowest BCUT2D eigenvalue weighted by Gasteiger charge is -2.14. The average molecular weight is 226 g/mol. The van der Waals surface area contributed by atoms with Crippen LogP contribution >= 0.6 is 11.6 Å². The number of benzene rings is 1. The van der Waals surface area contributed by atoms with Gasteiger partial charge in [-0.15, -0.1) is 0 Å². The number of ether oxygens (including phenoxy) is 1. The first-order valence-corrected chi connectivity index (χ1v) is 4.69. The molecule has 1 aromatic carbocycles. The lowest BCUT2D eigenvalue weighted by Crippen LogP contribution is -2.22. The molecule has 78 valence electrons. The van der Waals surface area contributed by atoms with E-state index in [2.05, 4.69) is 9.89 Å². The quantitative estimate of drug-likeness (QED) is 0.685. The van der Waals surface area contributed by atoms with Gasteiger partial charge in [0.15, 0.2) is 11.5 Å². The average Bonchev–Trinajstić information content (AvgIpc) is 2.28. The summed E-state index contributed by atoms with van der Waals surface area (Å²) in [6.07, 6.45) is 0.378. The van der Waals surface area contributed by atoms with Gasteiger partial charge in [-0.05, 0) is 6.07 Å². The third-order valence-electron chi connectivity index (χ3n) is 2.07. The molecular formula is C10H8ClNO3. The van der Waals surface area contributed by atoms with Crippen molar-refractivity contribution in [2.24, 2.45) is 5.16 Å². The van der Waals surface area contributed by atoms with Gasteiger partial charge in [0.2, 0.25) is 0 Å². The number of carbonyl (C=O) groups excluding carboxylic acids is 1. The van der Waals surface area contributed by atoms with Crippen molar-refractivity contribution in [3.8, 4) is 5.75 Å². The minimum atomic E-state index is -0.486. The van der Waals surface area contributed by atoms with E-state index in [-0.39, 0.29) is 5.71 Å². The molecule has 0 aliphatic carbocycles. The number of oxime groups is 1. The van der Waals surface area contributed by atoms with Crippen LogP contribution in [0.25, 0.3) is 0 Å². The maximum absolute atomic E-state index is 11.2. The molecule has 1 aliphatic rings. The summed E-state index contributed by atoms with van der Waals surface area (Å²) < 4.78 is 4.55. The lowest BCUT2D eigenvalue weighted by molar-refractivity contribution is -0.133. The van der Waals surface area contributed by atoms with Gasteiger partial charge in [-0.2, -0.15) is 0 Å². The fraction of sp³-hybridized carbons (Fsp3) is 0.200. The van der Waals surface area contributed by atoms with Crippen LogP contribution in [-0.2, 0) is 16.0 Å². The van der Waals surface area contributed by atoms with Gasteiger partial charge in [0.05, 0.1) is 12.1 Å². The van der Waals surface area contributed by atoms with Crippen molar-refractivity contribution in [1.82, 2.24) is 0 Å². The standard InChI is InChI=1S/C10H8ClNO3/c1-14-10(13)8-5-6-3-2-4-7(11)9(6)15-12-8/h2-4H,5H2,1H3. The van der Waals surface area contributed by atoms with Gasteiger partial charge >= 0.3 is 5.97 Å². The molecule has 0 saturated heterocycles.